The van der Waals surface area contributed by atoms with Crippen LogP contribution in [-0.4, -0.2) is 55.0 Å². The molecule has 0 radical (unpaired) electrons. The van der Waals surface area contributed by atoms with Crippen molar-refractivity contribution >= 4 is 23.4 Å². The second kappa shape index (κ2) is 9.37. The molecule has 0 spiro atoms. The average molecular weight is 410 g/mol. The van der Waals surface area contributed by atoms with Gasteiger partial charge in [-0.25, -0.2) is 9.37 Å². The van der Waals surface area contributed by atoms with Crippen LogP contribution in [0.4, 0.5) is 17.6 Å². The van der Waals surface area contributed by atoms with E-state index in [1.165, 1.54) is 12.2 Å². The largest absolute Gasteiger partial charge is 0.417 e. The highest BCUT2D eigenvalue weighted by molar-refractivity contribution is 5.82. The van der Waals surface area contributed by atoms with Gasteiger partial charge in [-0.15, -0.1) is 0 Å². The Labute approximate surface area is 168 Å². The highest BCUT2D eigenvalue weighted by Crippen LogP contribution is 2.36. The quantitative estimate of drug-likeness (QED) is 0.670. The fourth-order valence-corrected chi connectivity index (χ4v) is 3.19. The lowest BCUT2D eigenvalue weighted by Crippen LogP contribution is -2.48. The van der Waals surface area contributed by atoms with Gasteiger partial charge in [0.25, 0.3) is 0 Å². The SMILES string of the molecule is C=Cc1c(C(=C)NC2CCN(C)CC2F)cc(/C=C/CN)nc1C(=C)C(F)(F)F. The monoisotopic (exact) mass is 410 g/mol. The summed E-state index contributed by atoms with van der Waals surface area (Å²) in [6.07, 6.45) is -0.868. The molecule has 2 unspecified atom stereocenters. The molecule has 158 valence electrons. The third-order valence-corrected chi connectivity index (χ3v) is 4.76. The first kappa shape index (κ1) is 22.8. The fraction of sp³-hybridized carbons (Fsp3) is 0.381. The normalized spacial score (nSPS) is 20.6. The number of nitrogens with two attached hydrogens (primary N) is 1. The molecule has 0 aromatic carbocycles. The molecular formula is C21H26F4N4. The summed E-state index contributed by atoms with van der Waals surface area (Å²) in [6.45, 7) is 11.9. The number of pyridine rings is 1. The van der Waals surface area contributed by atoms with Gasteiger partial charge in [0.15, 0.2) is 0 Å². The van der Waals surface area contributed by atoms with E-state index in [9.17, 15) is 17.6 Å². The van der Waals surface area contributed by atoms with E-state index in [4.69, 9.17) is 5.73 Å². The van der Waals surface area contributed by atoms with E-state index in [0.29, 0.717) is 24.2 Å². The summed E-state index contributed by atoms with van der Waals surface area (Å²) in [5, 5.41) is 3.04. The van der Waals surface area contributed by atoms with Gasteiger partial charge in [0.05, 0.1) is 23.0 Å². The Balaban J connectivity index is 2.48. The standard InChI is InChI=1S/C21H26F4N4/c1-5-16-17(14(3)27-19-8-10-29(4)12-18(19)22)11-15(7-6-9-26)28-20(16)13(2)21(23,24)25/h5-7,11,18-19,27H,1-3,8-10,12,26H2,4H3/b7-6+. The van der Waals surface area contributed by atoms with Gasteiger partial charge in [-0.3, -0.25) is 0 Å². The average Bonchev–Trinajstić information content (AvgIpc) is 2.66. The topological polar surface area (TPSA) is 54.2 Å². The van der Waals surface area contributed by atoms with E-state index in [2.05, 4.69) is 30.0 Å². The first-order chi connectivity index (χ1) is 13.6. The third kappa shape index (κ3) is 5.55. The van der Waals surface area contributed by atoms with Gasteiger partial charge in [-0.05, 0) is 25.6 Å². The molecule has 2 heterocycles. The zero-order valence-corrected chi connectivity index (χ0v) is 16.4. The summed E-state index contributed by atoms with van der Waals surface area (Å²) < 4.78 is 54.4. The van der Waals surface area contributed by atoms with Crippen LogP contribution >= 0.6 is 0 Å². The van der Waals surface area contributed by atoms with Crippen molar-refractivity contribution in [3.63, 3.8) is 0 Å². The van der Waals surface area contributed by atoms with Crippen molar-refractivity contribution in [1.29, 1.82) is 0 Å². The lowest BCUT2D eigenvalue weighted by atomic mass is 9.96. The number of hydrogen-bond donors (Lipinski definition) is 2. The molecule has 29 heavy (non-hydrogen) atoms. The van der Waals surface area contributed by atoms with Crippen LogP contribution in [0.15, 0.2) is 31.9 Å². The van der Waals surface area contributed by atoms with Gasteiger partial charge in [0.2, 0.25) is 0 Å². The van der Waals surface area contributed by atoms with Crippen LogP contribution in [0, 0.1) is 0 Å². The van der Waals surface area contributed by atoms with E-state index in [0.717, 1.165) is 0 Å². The minimum atomic E-state index is -4.66. The van der Waals surface area contributed by atoms with E-state index >= 15 is 0 Å². The maximum Gasteiger partial charge on any atom is 0.417 e. The number of piperidine rings is 1. The second-order valence-corrected chi connectivity index (χ2v) is 6.97. The molecule has 1 aliphatic rings. The molecule has 3 N–H and O–H groups in total. The van der Waals surface area contributed by atoms with Crippen LogP contribution in [0.3, 0.4) is 0 Å². The van der Waals surface area contributed by atoms with Crippen molar-refractivity contribution in [2.45, 2.75) is 24.8 Å². The Morgan fingerprint density at radius 2 is 2.10 bits per heavy atom. The molecule has 2 atom stereocenters. The smallest absolute Gasteiger partial charge is 0.379 e. The van der Waals surface area contributed by atoms with Crippen LogP contribution in [0.25, 0.3) is 23.4 Å². The summed E-state index contributed by atoms with van der Waals surface area (Å²) in [4.78, 5) is 5.96. The molecular weight excluding hydrogens is 384 g/mol. The van der Waals surface area contributed by atoms with E-state index in [1.807, 2.05) is 11.9 Å². The summed E-state index contributed by atoms with van der Waals surface area (Å²) in [5.41, 5.74) is 5.07. The van der Waals surface area contributed by atoms with Crippen LogP contribution < -0.4 is 11.1 Å². The van der Waals surface area contributed by atoms with Gasteiger partial charge in [-0.2, -0.15) is 13.2 Å². The number of likely N-dealkylation sites (tertiary alicyclic amines) is 1. The molecule has 1 saturated heterocycles. The zero-order chi connectivity index (χ0) is 21.8. The van der Waals surface area contributed by atoms with E-state index in [-0.39, 0.29) is 30.0 Å². The molecule has 0 amide bonds. The van der Waals surface area contributed by atoms with Crippen LogP contribution in [0.5, 0.6) is 0 Å². The fourth-order valence-electron chi connectivity index (χ4n) is 3.19. The van der Waals surface area contributed by atoms with Gasteiger partial charge in [0.1, 0.15) is 6.17 Å². The lowest BCUT2D eigenvalue weighted by molar-refractivity contribution is -0.0689. The van der Waals surface area contributed by atoms with Crippen molar-refractivity contribution < 1.29 is 17.6 Å². The van der Waals surface area contributed by atoms with E-state index in [1.54, 1.807) is 12.1 Å². The summed E-state index contributed by atoms with van der Waals surface area (Å²) in [7, 11) is 1.83. The first-order valence-electron chi connectivity index (χ1n) is 9.17. The minimum absolute atomic E-state index is 0.137. The summed E-state index contributed by atoms with van der Waals surface area (Å²) in [5.74, 6) is 0. The van der Waals surface area contributed by atoms with Crippen LogP contribution in [0.2, 0.25) is 0 Å². The second-order valence-electron chi connectivity index (χ2n) is 6.97. The highest BCUT2D eigenvalue weighted by Gasteiger charge is 2.36. The van der Waals surface area contributed by atoms with Crippen molar-refractivity contribution in [2.24, 2.45) is 5.73 Å². The van der Waals surface area contributed by atoms with Crippen molar-refractivity contribution in [1.82, 2.24) is 15.2 Å². The summed E-state index contributed by atoms with van der Waals surface area (Å²) >= 11 is 0. The minimum Gasteiger partial charge on any atom is -0.379 e. The zero-order valence-electron chi connectivity index (χ0n) is 16.4. The molecule has 1 aromatic heterocycles. The number of aromatic nitrogens is 1. The summed E-state index contributed by atoms with van der Waals surface area (Å²) in [6, 6.07) is 1.09. The number of nitrogens with one attached hydrogen (secondary N) is 1. The molecule has 1 aromatic rings. The molecule has 1 aliphatic heterocycles. The third-order valence-electron chi connectivity index (χ3n) is 4.76. The Morgan fingerprint density at radius 1 is 1.41 bits per heavy atom. The molecule has 2 rings (SSSR count). The molecule has 4 nitrogen and oxygen atoms in total. The van der Waals surface area contributed by atoms with Gasteiger partial charge in [0, 0.05) is 36.5 Å². The number of halogens is 4. The van der Waals surface area contributed by atoms with Crippen LogP contribution in [-0.2, 0) is 0 Å². The maximum absolute atomic E-state index is 14.4. The molecule has 0 bridgehead atoms. The Morgan fingerprint density at radius 3 is 2.66 bits per heavy atom. The number of rotatable bonds is 7. The van der Waals surface area contributed by atoms with Gasteiger partial charge >= 0.3 is 6.18 Å². The molecule has 0 aliphatic carbocycles. The molecule has 8 heteroatoms. The number of allylic oxidation sites excluding steroid dienone is 1. The predicted molar refractivity (Wildman–Crippen MR) is 110 cm³/mol. The van der Waals surface area contributed by atoms with Crippen molar-refractivity contribution in [3.05, 3.63) is 54.4 Å². The number of nitrogens with zero attached hydrogens (tertiary/aromatic N) is 2. The molecule has 0 saturated carbocycles. The number of alkyl halides is 4. The van der Waals surface area contributed by atoms with Crippen LogP contribution in [0.1, 0.15) is 28.9 Å². The Kier molecular flexibility index (Phi) is 7.37. The lowest BCUT2D eigenvalue weighted by Gasteiger charge is -2.34. The first-order valence-corrected chi connectivity index (χ1v) is 9.17. The van der Waals surface area contributed by atoms with Gasteiger partial charge < -0.3 is 16.0 Å². The molecule has 1 fully saturated rings. The van der Waals surface area contributed by atoms with E-state index < -0.39 is 24.0 Å². The Hall–Kier alpha value is -2.45. The number of hydrogen-bond acceptors (Lipinski definition) is 4. The Bertz CT molecular complexity index is 814. The van der Waals surface area contributed by atoms with Crippen molar-refractivity contribution in [2.75, 3.05) is 26.7 Å². The van der Waals surface area contributed by atoms with Gasteiger partial charge in [-0.1, -0.05) is 31.9 Å². The predicted octanol–water partition coefficient (Wildman–Crippen LogP) is 3.87. The maximum atomic E-state index is 14.4. The highest BCUT2D eigenvalue weighted by atomic mass is 19.4. The van der Waals surface area contributed by atoms with Crippen molar-refractivity contribution in [3.8, 4) is 0 Å².